The van der Waals surface area contributed by atoms with Crippen LogP contribution in [0.25, 0.3) is 0 Å². The van der Waals surface area contributed by atoms with Gasteiger partial charge in [-0.25, -0.2) is 0 Å². The second-order valence-electron chi connectivity index (χ2n) is 4.92. The number of nitrogens with two attached hydrogens (primary N) is 1. The van der Waals surface area contributed by atoms with Gasteiger partial charge in [-0.05, 0) is 31.5 Å². The number of nitrogens with one attached hydrogen (secondary N) is 1. The minimum Gasteiger partial charge on any atom is -0.392 e. The number of benzene rings is 1. The lowest BCUT2D eigenvalue weighted by Crippen LogP contribution is -2.37. The normalized spacial score (nSPS) is 13.4. The number of hydrogen-bond acceptors (Lipinski definition) is 3. The molecule has 2 atom stereocenters. The van der Waals surface area contributed by atoms with Gasteiger partial charge in [-0.2, -0.15) is 0 Å². The summed E-state index contributed by atoms with van der Waals surface area (Å²) in [4.78, 5) is 15.0. The van der Waals surface area contributed by atoms with E-state index in [4.69, 9.17) is 18.0 Å². The first-order chi connectivity index (χ1) is 9.99. The highest BCUT2D eigenvalue weighted by atomic mass is 32.1. The molecule has 2 unspecified atom stereocenters. The number of thiophene rings is 1. The zero-order valence-corrected chi connectivity index (χ0v) is 13.6. The summed E-state index contributed by atoms with van der Waals surface area (Å²) in [6, 6.07) is 13.4. The molecule has 3 nitrogen and oxygen atoms in total. The lowest BCUT2D eigenvalue weighted by Gasteiger charge is -2.19. The summed E-state index contributed by atoms with van der Waals surface area (Å²) in [5.74, 6) is -0.753. The van der Waals surface area contributed by atoms with Gasteiger partial charge in [-0.15, -0.1) is 11.3 Å². The van der Waals surface area contributed by atoms with Crippen molar-refractivity contribution in [2.75, 3.05) is 0 Å². The van der Waals surface area contributed by atoms with Gasteiger partial charge in [0.1, 0.15) is 5.92 Å². The van der Waals surface area contributed by atoms with Crippen LogP contribution in [0, 0.1) is 6.92 Å². The zero-order chi connectivity index (χ0) is 15.4. The Bertz CT molecular complexity index is 637. The Kier molecular flexibility index (Phi) is 5.09. The molecule has 5 heteroatoms. The first-order valence-electron chi connectivity index (χ1n) is 6.70. The Morgan fingerprint density at radius 1 is 1.24 bits per heavy atom. The van der Waals surface area contributed by atoms with E-state index in [1.807, 2.05) is 56.3 Å². The average molecular weight is 318 g/mol. The molecular weight excluding hydrogens is 300 g/mol. The summed E-state index contributed by atoms with van der Waals surface area (Å²) in [6.45, 7) is 4.01. The molecule has 110 valence electrons. The van der Waals surface area contributed by atoms with Crippen molar-refractivity contribution < 1.29 is 4.79 Å². The van der Waals surface area contributed by atoms with Crippen molar-refractivity contribution >= 4 is 34.5 Å². The highest BCUT2D eigenvalue weighted by Crippen LogP contribution is 2.24. The molecule has 1 aromatic carbocycles. The van der Waals surface area contributed by atoms with E-state index in [2.05, 4.69) is 5.32 Å². The number of carbonyl (C=O) groups is 1. The molecule has 1 amide bonds. The van der Waals surface area contributed by atoms with E-state index in [9.17, 15) is 4.79 Å². The van der Waals surface area contributed by atoms with Gasteiger partial charge in [0.25, 0.3) is 0 Å². The van der Waals surface area contributed by atoms with Crippen molar-refractivity contribution in [1.29, 1.82) is 0 Å². The fourth-order valence-electron chi connectivity index (χ4n) is 2.14. The highest BCUT2D eigenvalue weighted by molar-refractivity contribution is 7.80. The first kappa shape index (κ1) is 15.7. The smallest absolute Gasteiger partial charge is 0.234 e. The van der Waals surface area contributed by atoms with Gasteiger partial charge >= 0.3 is 0 Å². The molecule has 0 fully saturated rings. The monoisotopic (exact) mass is 318 g/mol. The van der Waals surface area contributed by atoms with Crippen LogP contribution in [0.3, 0.4) is 0 Å². The number of aryl methyl sites for hydroxylation is 1. The molecule has 2 aromatic rings. The third-order valence-electron chi connectivity index (χ3n) is 3.23. The van der Waals surface area contributed by atoms with Gasteiger partial charge in [0, 0.05) is 9.75 Å². The zero-order valence-electron chi connectivity index (χ0n) is 12.0. The van der Waals surface area contributed by atoms with Crippen molar-refractivity contribution in [1.82, 2.24) is 5.32 Å². The Balaban J connectivity index is 2.15. The van der Waals surface area contributed by atoms with E-state index in [1.165, 1.54) is 4.88 Å². The van der Waals surface area contributed by atoms with E-state index < -0.39 is 5.92 Å². The van der Waals surface area contributed by atoms with Crippen LogP contribution in [-0.2, 0) is 4.79 Å². The molecular formula is C16H18N2OS2. The van der Waals surface area contributed by atoms with Crippen molar-refractivity contribution in [3.05, 3.63) is 57.8 Å². The number of carbonyl (C=O) groups excluding carboxylic acids is 1. The predicted molar refractivity (Wildman–Crippen MR) is 91.6 cm³/mol. The molecule has 3 N–H and O–H groups in total. The molecule has 0 radical (unpaired) electrons. The number of rotatable bonds is 5. The van der Waals surface area contributed by atoms with Crippen LogP contribution in [-0.4, -0.2) is 10.9 Å². The van der Waals surface area contributed by atoms with Crippen molar-refractivity contribution in [2.24, 2.45) is 5.73 Å². The van der Waals surface area contributed by atoms with Crippen LogP contribution in [0.5, 0.6) is 0 Å². The van der Waals surface area contributed by atoms with Gasteiger partial charge in [0.2, 0.25) is 5.91 Å². The summed E-state index contributed by atoms with van der Waals surface area (Å²) >= 11 is 6.74. The fraction of sp³-hybridized carbons (Fsp3) is 0.250. The standard InChI is InChI=1S/C16H18N2OS2/c1-10-8-9-13(21-10)11(2)18-16(19)14(15(17)20)12-6-4-3-5-7-12/h3-9,11,14H,1-2H3,(H2,17,20)(H,18,19). The molecule has 0 aliphatic heterocycles. The number of thiocarbonyl (C=S) groups is 1. The van der Waals surface area contributed by atoms with E-state index in [-0.39, 0.29) is 16.9 Å². The molecule has 21 heavy (non-hydrogen) atoms. The van der Waals surface area contributed by atoms with Gasteiger partial charge in [-0.3, -0.25) is 4.79 Å². The maximum atomic E-state index is 12.5. The summed E-state index contributed by atoms with van der Waals surface area (Å²) in [5, 5.41) is 2.99. The molecule has 0 spiro atoms. The van der Waals surface area contributed by atoms with Crippen LogP contribution in [0.4, 0.5) is 0 Å². The SMILES string of the molecule is Cc1ccc(C(C)NC(=O)C(C(N)=S)c2ccccc2)s1. The van der Waals surface area contributed by atoms with Crippen LogP contribution in [0.1, 0.15) is 34.2 Å². The first-order valence-corrected chi connectivity index (χ1v) is 7.92. The van der Waals surface area contributed by atoms with E-state index >= 15 is 0 Å². The highest BCUT2D eigenvalue weighted by Gasteiger charge is 2.25. The minimum atomic E-state index is -0.593. The quantitative estimate of drug-likeness (QED) is 0.832. The maximum Gasteiger partial charge on any atom is 0.234 e. The van der Waals surface area contributed by atoms with Crippen molar-refractivity contribution in [3.8, 4) is 0 Å². The largest absolute Gasteiger partial charge is 0.392 e. The molecule has 0 aliphatic rings. The van der Waals surface area contributed by atoms with Gasteiger partial charge in [0.05, 0.1) is 11.0 Å². The second kappa shape index (κ2) is 6.83. The Hall–Kier alpha value is -1.72. The minimum absolute atomic E-state index is 0.0586. The lowest BCUT2D eigenvalue weighted by atomic mass is 9.98. The molecule has 2 rings (SSSR count). The molecule has 0 saturated carbocycles. The Morgan fingerprint density at radius 2 is 1.90 bits per heavy atom. The topological polar surface area (TPSA) is 55.1 Å². The second-order valence-corrected chi connectivity index (χ2v) is 6.72. The van der Waals surface area contributed by atoms with Gasteiger partial charge in [0.15, 0.2) is 0 Å². The van der Waals surface area contributed by atoms with Crippen molar-refractivity contribution in [2.45, 2.75) is 25.8 Å². The van der Waals surface area contributed by atoms with E-state index in [0.717, 1.165) is 10.4 Å². The number of amides is 1. The lowest BCUT2D eigenvalue weighted by molar-refractivity contribution is -0.121. The third kappa shape index (κ3) is 3.89. The molecule has 1 aromatic heterocycles. The van der Waals surface area contributed by atoms with Crippen LogP contribution >= 0.6 is 23.6 Å². The molecule has 0 bridgehead atoms. The molecule has 1 heterocycles. The van der Waals surface area contributed by atoms with Crippen LogP contribution in [0.2, 0.25) is 0 Å². The van der Waals surface area contributed by atoms with Gasteiger partial charge < -0.3 is 11.1 Å². The Labute approximate surface area is 134 Å². The summed E-state index contributed by atoms with van der Waals surface area (Å²) in [6.07, 6.45) is 0. The fourth-order valence-corrected chi connectivity index (χ4v) is 3.27. The predicted octanol–water partition coefficient (Wildman–Crippen LogP) is 3.30. The van der Waals surface area contributed by atoms with E-state index in [0.29, 0.717) is 0 Å². The summed E-state index contributed by atoms with van der Waals surface area (Å²) in [5.41, 5.74) is 6.58. The Morgan fingerprint density at radius 3 is 2.43 bits per heavy atom. The summed E-state index contributed by atoms with van der Waals surface area (Å²) in [7, 11) is 0. The molecule has 0 aliphatic carbocycles. The van der Waals surface area contributed by atoms with Crippen LogP contribution < -0.4 is 11.1 Å². The average Bonchev–Trinajstić information content (AvgIpc) is 2.86. The number of hydrogen-bond donors (Lipinski definition) is 2. The van der Waals surface area contributed by atoms with E-state index in [1.54, 1.807) is 11.3 Å². The summed E-state index contributed by atoms with van der Waals surface area (Å²) < 4.78 is 0. The van der Waals surface area contributed by atoms with Crippen LogP contribution in [0.15, 0.2) is 42.5 Å². The maximum absolute atomic E-state index is 12.5. The van der Waals surface area contributed by atoms with Crippen molar-refractivity contribution in [3.63, 3.8) is 0 Å². The third-order valence-corrected chi connectivity index (χ3v) is 4.65. The van der Waals surface area contributed by atoms with Gasteiger partial charge in [-0.1, -0.05) is 42.5 Å². The molecule has 0 saturated heterocycles.